The highest BCUT2D eigenvalue weighted by atomic mass is 35.5. The molecule has 132 valence electrons. The van der Waals surface area contributed by atoms with E-state index in [-0.39, 0.29) is 5.82 Å². The van der Waals surface area contributed by atoms with Gasteiger partial charge >= 0.3 is 0 Å². The molecule has 0 atom stereocenters. The number of anilines is 2. The van der Waals surface area contributed by atoms with Gasteiger partial charge in [0, 0.05) is 37.3 Å². The SMILES string of the molecule is Fc1cccc(Nc2nc(Cl)c3c(n2)CCN(Cc2ccccc2)C3)c1. The molecule has 1 aliphatic rings. The third kappa shape index (κ3) is 3.84. The minimum atomic E-state index is -0.310. The van der Waals surface area contributed by atoms with Gasteiger partial charge in [-0.1, -0.05) is 48.0 Å². The van der Waals surface area contributed by atoms with Crippen LogP contribution in [-0.2, 0) is 19.5 Å². The summed E-state index contributed by atoms with van der Waals surface area (Å²) < 4.78 is 13.3. The molecule has 4 nitrogen and oxygen atoms in total. The topological polar surface area (TPSA) is 41.1 Å². The molecule has 2 heterocycles. The Bertz CT molecular complexity index is 917. The average Bonchev–Trinajstić information content (AvgIpc) is 2.63. The Kier molecular flexibility index (Phi) is 4.82. The van der Waals surface area contributed by atoms with E-state index in [0.29, 0.717) is 16.8 Å². The van der Waals surface area contributed by atoms with Gasteiger partial charge in [-0.3, -0.25) is 4.90 Å². The molecule has 26 heavy (non-hydrogen) atoms. The molecule has 2 aromatic carbocycles. The quantitative estimate of drug-likeness (QED) is 0.685. The van der Waals surface area contributed by atoms with E-state index in [1.165, 1.54) is 17.7 Å². The third-order valence-corrected chi connectivity index (χ3v) is 4.73. The number of hydrogen-bond donors (Lipinski definition) is 1. The van der Waals surface area contributed by atoms with Crippen LogP contribution < -0.4 is 5.32 Å². The molecule has 1 N–H and O–H groups in total. The zero-order chi connectivity index (χ0) is 17.9. The maximum atomic E-state index is 13.3. The molecular formula is C20H18ClFN4. The van der Waals surface area contributed by atoms with Crippen LogP contribution in [0.1, 0.15) is 16.8 Å². The number of nitrogens with zero attached hydrogens (tertiary/aromatic N) is 3. The highest BCUT2D eigenvalue weighted by molar-refractivity contribution is 6.30. The molecule has 0 aliphatic carbocycles. The average molecular weight is 369 g/mol. The summed E-state index contributed by atoms with van der Waals surface area (Å²) in [5.74, 6) is 0.0893. The van der Waals surface area contributed by atoms with Crippen LogP contribution in [0.3, 0.4) is 0 Å². The molecular weight excluding hydrogens is 351 g/mol. The van der Waals surface area contributed by atoms with Gasteiger partial charge in [-0.2, -0.15) is 0 Å². The molecule has 6 heteroatoms. The summed E-state index contributed by atoms with van der Waals surface area (Å²) in [6, 6.07) is 16.6. The molecule has 4 rings (SSSR count). The Morgan fingerprint density at radius 1 is 1.08 bits per heavy atom. The molecule has 0 bridgehead atoms. The van der Waals surface area contributed by atoms with Gasteiger partial charge in [-0.25, -0.2) is 14.4 Å². The van der Waals surface area contributed by atoms with Gasteiger partial charge in [-0.05, 0) is 23.8 Å². The van der Waals surface area contributed by atoms with Crippen molar-refractivity contribution >= 4 is 23.2 Å². The van der Waals surface area contributed by atoms with Gasteiger partial charge in [0.1, 0.15) is 11.0 Å². The van der Waals surface area contributed by atoms with Crippen molar-refractivity contribution in [2.45, 2.75) is 19.5 Å². The van der Waals surface area contributed by atoms with Crippen molar-refractivity contribution in [3.63, 3.8) is 0 Å². The first kappa shape index (κ1) is 16.9. The second-order valence-electron chi connectivity index (χ2n) is 6.34. The summed E-state index contributed by atoms with van der Waals surface area (Å²) in [5, 5.41) is 3.48. The fourth-order valence-electron chi connectivity index (χ4n) is 3.16. The second kappa shape index (κ2) is 7.40. The number of benzene rings is 2. The Labute approximate surface area is 156 Å². The molecule has 0 saturated heterocycles. The lowest BCUT2D eigenvalue weighted by molar-refractivity contribution is 0.243. The molecule has 3 aromatic rings. The van der Waals surface area contributed by atoms with Crippen LogP contribution in [0.15, 0.2) is 54.6 Å². The zero-order valence-electron chi connectivity index (χ0n) is 14.1. The van der Waals surface area contributed by atoms with E-state index >= 15 is 0 Å². The van der Waals surface area contributed by atoms with Crippen molar-refractivity contribution in [2.24, 2.45) is 0 Å². The summed E-state index contributed by atoms with van der Waals surface area (Å²) in [6.07, 6.45) is 0.808. The number of nitrogens with one attached hydrogen (secondary N) is 1. The summed E-state index contributed by atoms with van der Waals surface area (Å²) >= 11 is 6.42. The van der Waals surface area contributed by atoms with E-state index in [1.54, 1.807) is 12.1 Å². The maximum Gasteiger partial charge on any atom is 0.228 e. The van der Waals surface area contributed by atoms with Gasteiger partial charge in [0.15, 0.2) is 0 Å². The van der Waals surface area contributed by atoms with Crippen molar-refractivity contribution in [3.05, 3.63) is 82.4 Å². The van der Waals surface area contributed by atoms with Crippen LogP contribution in [0.4, 0.5) is 16.0 Å². The monoisotopic (exact) mass is 368 g/mol. The number of aromatic nitrogens is 2. The number of fused-ring (bicyclic) bond motifs is 1. The Morgan fingerprint density at radius 3 is 2.73 bits per heavy atom. The van der Waals surface area contributed by atoms with E-state index < -0.39 is 0 Å². The fraction of sp³-hybridized carbons (Fsp3) is 0.200. The molecule has 0 amide bonds. The zero-order valence-corrected chi connectivity index (χ0v) is 14.9. The highest BCUT2D eigenvalue weighted by Crippen LogP contribution is 2.27. The third-order valence-electron chi connectivity index (χ3n) is 4.42. The van der Waals surface area contributed by atoms with Crippen molar-refractivity contribution in [3.8, 4) is 0 Å². The number of halogens is 2. The molecule has 0 spiro atoms. The Morgan fingerprint density at radius 2 is 1.92 bits per heavy atom. The van der Waals surface area contributed by atoms with Crippen LogP contribution in [-0.4, -0.2) is 21.4 Å². The first-order valence-electron chi connectivity index (χ1n) is 8.51. The lowest BCUT2D eigenvalue weighted by Gasteiger charge is -2.28. The fourth-order valence-corrected chi connectivity index (χ4v) is 3.41. The predicted molar refractivity (Wildman–Crippen MR) is 101 cm³/mol. The van der Waals surface area contributed by atoms with Crippen LogP contribution >= 0.6 is 11.6 Å². The summed E-state index contributed by atoms with van der Waals surface area (Å²) in [5.41, 5.74) is 3.80. The number of rotatable bonds is 4. The molecule has 1 aliphatic heterocycles. The van der Waals surface area contributed by atoms with Gasteiger partial charge in [0.05, 0.1) is 5.69 Å². The van der Waals surface area contributed by atoms with Crippen LogP contribution in [0, 0.1) is 5.82 Å². The predicted octanol–water partition coefficient (Wildman–Crippen LogP) is 4.57. The van der Waals surface area contributed by atoms with Crippen LogP contribution in [0.25, 0.3) is 0 Å². The van der Waals surface area contributed by atoms with Gasteiger partial charge in [0.25, 0.3) is 0 Å². The highest BCUT2D eigenvalue weighted by Gasteiger charge is 2.22. The normalized spacial score (nSPS) is 14.1. The number of hydrogen-bond acceptors (Lipinski definition) is 4. The van der Waals surface area contributed by atoms with E-state index in [1.807, 2.05) is 18.2 Å². The standard InChI is InChI=1S/C20H18ClFN4/c21-19-17-13-26(12-14-5-2-1-3-6-14)10-9-18(17)24-20(25-19)23-16-8-4-7-15(22)11-16/h1-8,11H,9-10,12-13H2,(H,23,24,25). The molecule has 0 fully saturated rings. The minimum absolute atomic E-state index is 0.310. The van der Waals surface area contributed by atoms with Gasteiger partial charge in [0.2, 0.25) is 5.95 Å². The van der Waals surface area contributed by atoms with Crippen molar-refractivity contribution in [1.29, 1.82) is 0 Å². The summed E-state index contributed by atoms with van der Waals surface area (Å²) in [4.78, 5) is 11.3. The lowest BCUT2D eigenvalue weighted by atomic mass is 10.1. The molecule has 1 aromatic heterocycles. The smallest absolute Gasteiger partial charge is 0.228 e. The minimum Gasteiger partial charge on any atom is -0.324 e. The Hall–Kier alpha value is -2.50. The van der Waals surface area contributed by atoms with E-state index in [0.717, 1.165) is 37.3 Å². The van der Waals surface area contributed by atoms with E-state index in [4.69, 9.17) is 11.6 Å². The summed E-state index contributed by atoms with van der Waals surface area (Å²) in [7, 11) is 0. The molecule has 0 saturated carbocycles. The first-order valence-corrected chi connectivity index (χ1v) is 8.89. The van der Waals surface area contributed by atoms with Crippen molar-refractivity contribution < 1.29 is 4.39 Å². The summed E-state index contributed by atoms with van der Waals surface area (Å²) in [6.45, 7) is 2.51. The van der Waals surface area contributed by atoms with E-state index in [2.05, 4.69) is 32.3 Å². The van der Waals surface area contributed by atoms with Crippen molar-refractivity contribution in [1.82, 2.24) is 14.9 Å². The van der Waals surface area contributed by atoms with E-state index in [9.17, 15) is 4.39 Å². The largest absolute Gasteiger partial charge is 0.324 e. The molecule has 0 unspecified atom stereocenters. The van der Waals surface area contributed by atoms with Gasteiger partial charge < -0.3 is 5.32 Å². The maximum absolute atomic E-state index is 13.3. The Balaban J connectivity index is 1.51. The van der Waals surface area contributed by atoms with Crippen molar-refractivity contribution in [2.75, 3.05) is 11.9 Å². The van der Waals surface area contributed by atoms with Crippen LogP contribution in [0.2, 0.25) is 5.15 Å². The van der Waals surface area contributed by atoms with Gasteiger partial charge in [-0.15, -0.1) is 0 Å². The first-order chi connectivity index (χ1) is 12.7. The lowest BCUT2D eigenvalue weighted by Crippen LogP contribution is -2.31. The molecule has 0 radical (unpaired) electrons. The van der Waals surface area contributed by atoms with Crippen LogP contribution in [0.5, 0.6) is 0 Å². The second-order valence-corrected chi connectivity index (χ2v) is 6.70.